The standard InChI is InChI=1S/C22H25N5S/c1-3-4-14-26-21(20(25-22(26)28)18-9-5-6-13-24-18)19-11-10-16(2)27(19)17-8-7-12-23-15-17/h5-13,15,20-21H,3-4,14H2,1-2H3,(H,25,28)/t20-,21-/m1/s1. The molecular weight excluding hydrogens is 366 g/mol. The minimum atomic E-state index is 0.00952. The van der Waals surface area contributed by atoms with Crippen molar-refractivity contribution in [3.63, 3.8) is 0 Å². The van der Waals surface area contributed by atoms with Gasteiger partial charge in [0.25, 0.3) is 0 Å². The van der Waals surface area contributed by atoms with Gasteiger partial charge in [-0.1, -0.05) is 19.4 Å². The zero-order valence-electron chi connectivity index (χ0n) is 16.2. The van der Waals surface area contributed by atoms with Crippen LogP contribution >= 0.6 is 12.2 Å². The summed E-state index contributed by atoms with van der Waals surface area (Å²) in [4.78, 5) is 11.3. The lowest BCUT2D eigenvalue weighted by atomic mass is 10.0. The van der Waals surface area contributed by atoms with E-state index < -0.39 is 0 Å². The first-order valence-corrected chi connectivity index (χ1v) is 10.2. The van der Waals surface area contributed by atoms with Crippen LogP contribution in [0.1, 0.15) is 48.9 Å². The smallest absolute Gasteiger partial charge is 0.170 e. The predicted molar refractivity (Wildman–Crippen MR) is 115 cm³/mol. The van der Waals surface area contributed by atoms with Crippen LogP contribution < -0.4 is 5.32 Å². The molecule has 1 N–H and O–H groups in total. The van der Waals surface area contributed by atoms with E-state index in [1.165, 1.54) is 11.4 Å². The number of rotatable bonds is 6. The van der Waals surface area contributed by atoms with Gasteiger partial charge < -0.3 is 14.8 Å². The van der Waals surface area contributed by atoms with Gasteiger partial charge in [0, 0.05) is 30.3 Å². The number of aryl methyl sites for hydroxylation is 1. The topological polar surface area (TPSA) is 46.0 Å². The maximum Gasteiger partial charge on any atom is 0.170 e. The molecule has 1 saturated heterocycles. The number of unbranched alkanes of at least 4 members (excludes halogenated alkanes) is 1. The van der Waals surface area contributed by atoms with Crippen LogP contribution in [-0.2, 0) is 0 Å². The molecule has 6 heteroatoms. The van der Waals surface area contributed by atoms with E-state index in [0.29, 0.717) is 0 Å². The predicted octanol–water partition coefficient (Wildman–Crippen LogP) is 4.35. The fourth-order valence-electron chi connectivity index (χ4n) is 3.92. The van der Waals surface area contributed by atoms with Crippen molar-refractivity contribution in [3.8, 4) is 5.69 Å². The third kappa shape index (κ3) is 3.40. The highest BCUT2D eigenvalue weighted by molar-refractivity contribution is 7.80. The Labute approximate surface area is 171 Å². The Morgan fingerprint density at radius 1 is 1.11 bits per heavy atom. The molecule has 0 amide bonds. The molecule has 1 fully saturated rings. The number of nitrogens with one attached hydrogen (secondary N) is 1. The van der Waals surface area contributed by atoms with E-state index in [1.54, 1.807) is 6.20 Å². The first-order valence-electron chi connectivity index (χ1n) is 9.77. The Hall–Kier alpha value is -2.73. The number of hydrogen-bond acceptors (Lipinski definition) is 3. The number of pyridine rings is 2. The number of thiocarbonyl (C=S) groups is 1. The lowest BCUT2D eigenvalue weighted by Gasteiger charge is -2.29. The van der Waals surface area contributed by atoms with Crippen LogP contribution in [0.5, 0.6) is 0 Å². The average Bonchev–Trinajstić information content (AvgIpc) is 3.27. The lowest BCUT2D eigenvalue weighted by molar-refractivity contribution is 0.304. The van der Waals surface area contributed by atoms with Crippen molar-refractivity contribution in [1.82, 2.24) is 24.8 Å². The van der Waals surface area contributed by atoms with Gasteiger partial charge in [0.2, 0.25) is 0 Å². The maximum absolute atomic E-state index is 5.74. The zero-order chi connectivity index (χ0) is 19.5. The highest BCUT2D eigenvalue weighted by Gasteiger charge is 2.41. The summed E-state index contributed by atoms with van der Waals surface area (Å²) in [6, 6.07) is 14.6. The molecule has 4 rings (SSSR count). The summed E-state index contributed by atoms with van der Waals surface area (Å²) < 4.78 is 2.28. The van der Waals surface area contributed by atoms with Crippen LogP contribution in [0.15, 0.2) is 61.1 Å². The number of hydrogen-bond donors (Lipinski definition) is 1. The molecule has 0 spiro atoms. The number of aromatic nitrogens is 3. The van der Waals surface area contributed by atoms with E-state index >= 15 is 0 Å². The maximum atomic E-state index is 5.74. The summed E-state index contributed by atoms with van der Waals surface area (Å²) in [6.45, 7) is 5.26. The Bertz CT molecular complexity index is 938. The van der Waals surface area contributed by atoms with Crippen molar-refractivity contribution in [2.45, 2.75) is 38.8 Å². The van der Waals surface area contributed by atoms with Gasteiger partial charge in [-0.15, -0.1) is 0 Å². The first kappa shape index (κ1) is 18.6. The van der Waals surface area contributed by atoms with Crippen LogP contribution in [0.2, 0.25) is 0 Å². The van der Waals surface area contributed by atoms with Crippen molar-refractivity contribution < 1.29 is 0 Å². The molecule has 28 heavy (non-hydrogen) atoms. The van der Waals surface area contributed by atoms with Gasteiger partial charge in [-0.2, -0.15) is 0 Å². The minimum absolute atomic E-state index is 0.00952. The molecule has 5 nitrogen and oxygen atoms in total. The second kappa shape index (κ2) is 8.10. The van der Waals surface area contributed by atoms with E-state index in [9.17, 15) is 0 Å². The molecule has 1 aliphatic rings. The van der Waals surface area contributed by atoms with Crippen LogP contribution in [0.4, 0.5) is 0 Å². The zero-order valence-corrected chi connectivity index (χ0v) is 17.1. The Kier molecular flexibility index (Phi) is 5.39. The van der Waals surface area contributed by atoms with E-state index in [-0.39, 0.29) is 12.1 Å². The van der Waals surface area contributed by atoms with Gasteiger partial charge in [0.05, 0.1) is 29.7 Å². The summed E-state index contributed by atoms with van der Waals surface area (Å²) in [7, 11) is 0. The summed E-state index contributed by atoms with van der Waals surface area (Å²) >= 11 is 5.74. The van der Waals surface area contributed by atoms with Crippen LogP contribution in [0.25, 0.3) is 5.69 Å². The van der Waals surface area contributed by atoms with E-state index in [0.717, 1.165) is 35.9 Å². The monoisotopic (exact) mass is 391 g/mol. The lowest BCUT2D eigenvalue weighted by Crippen LogP contribution is -2.31. The van der Waals surface area contributed by atoms with E-state index in [1.807, 2.05) is 30.6 Å². The van der Waals surface area contributed by atoms with E-state index in [4.69, 9.17) is 12.2 Å². The van der Waals surface area contributed by atoms with Crippen LogP contribution in [0, 0.1) is 6.92 Å². The highest BCUT2D eigenvalue weighted by Crippen LogP contribution is 2.40. The molecule has 0 unspecified atom stereocenters. The molecule has 2 atom stereocenters. The van der Waals surface area contributed by atoms with Gasteiger partial charge >= 0.3 is 0 Å². The van der Waals surface area contributed by atoms with Crippen molar-refractivity contribution in [2.75, 3.05) is 6.54 Å². The summed E-state index contributed by atoms with van der Waals surface area (Å²) in [5.74, 6) is 0. The van der Waals surface area contributed by atoms with Gasteiger partial charge in [-0.05, 0) is 62.0 Å². The molecule has 3 aromatic heterocycles. The molecule has 144 valence electrons. The molecule has 0 bridgehead atoms. The normalized spacial score (nSPS) is 19.1. The Morgan fingerprint density at radius 2 is 2.00 bits per heavy atom. The van der Waals surface area contributed by atoms with Crippen molar-refractivity contribution >= 4 is 17.3 Å². The van der Waals surface area contributed by atoms with Crippen LogP contribution in [0.3, 0.4) is 0 Å². The third-order valence-corrected chi connectivity index (χ3v) is 5.62. The quantitative estimate of drug-likeness (QED) is 0.633. The second-order valence-corrected chi connectivity index (χ2v) is 7.51. The molecule has 4 heterocycles. The minimum Gasteiger partial charge on any atom is -0.352 e. The van der Waals surface area contributed by atoms with Gasteiger partial charge in [0.15, 0.2) is 5.11 Å². The fourth-order valence-corrected chi connectivity index (χ4v) is 4.26. The molecule has 0 radical (unpaired) electrons. The molecular formula is C22H25N5S. The second-order valence-electron chi connectivity index (χ2n) is 7.12. The van der Waals surface area contributed by atoms with Gasteiger partial charge in [0.1, 0.15) is 0 Å². The number of nitrogens with zero attached hydrogens (tertiary/aromatic N) is 4. The Balaban J connectivity index is 1.82. The Morgan fingerprint density at radius 3 is 2.71 bits per heavy atom. The summed E-state index contributed by atoms with van der Waals surface area (Å²) in [6.07, 6.45) is 7.78. The molecule has 1 aliphatic heterocycles. The van der Waals surface area contributed by atoms with Gasteiger partial charge in [-0.3, -0.25) is 9.97 Å². The largest absolute Gasteiger partial charge is 0.352 e. The van der Waals surface area contributed by atoms with Crippen molar-refractivity contribution in [3.05, 3.63) is 78.1 Å². The average molecular weight is 392 g/mol. The van der Waals surface area contributed by atoms with Gasteiger partial charge in [-0.25, -0.2) is 0 Å². The van der Waals surface area contributed by atoms with Crippen molar-refractivity contribution in [2.24, 2.45) is 0 Å². The molecule has 0 saturated carbocycles. The SMILES string of the molecule is CCCCN1C(=S)N[C@H](c2ccccn2)[C@H]1c1ccc(C)n1-c1cccnc1. The van der Waals surface area contributed by atoms with Crippen molar-refractivity contribution in [1.29, 1.82) is 0 Å². The first-order chi connectivity index (χ1) is 13.7. The fraction of sp³-hybridized carbons (Fsp3) is 0.318. The summed E-state index contributed by atoms with van der Waals surface area (Å²) in [5, 5.41) is 4.33. The van der Waals surface area contributed by atoms with Crippen LogP contribution in [-0.4, -0.2) is 31.1 Å². The third-order valence-electron chi connectivity index (χ3n) is 5.26. The molecule has 0 aliphatic carbocycles. The molecule has 3 aromatic rings. The van der Waals surface area contributed by atoms with E-state index in [2.05, 4.69) is 62.9 Å². The molecule has 0 aromatic carbocycles. The summed E-state index contributed by atoms with van der Waals surface area (Å²) in [5.41, 5.74) is 4.44. The highest BCUT2D eigenvalue weighted by atomic mass is 32.1.